The van der Waals surface area contributed by atoms with Gasteiger partial charge in [-0.1, -0.05) is 42.0 Å². The fourth-order valence-corrected chi connectivity index (χ4v) is 3.15. The van der Waals surface area contributed by atoms with E-state index < -0.39 is 0 Å². The van der Waals surface area contributed by atoms with Gasteiger partial charge in [0.15, 0.2) is 5.96 Å². The van der Waals surface area contributed by atoms with Crippen LogP contribution < -0.4 is 10.6 Å². The van der Waals surface area contributed by atoms with Gasteiger partial charge in [0, 0.05) is 26.7 Å². The van der Waals surface area contributed by atoms with E-state index in [1.54, 1.807) is 7.05 Å². The third kappa shape index (κ3) is 5.69. The second kappa shape index (κ2) is 10.3. The summed E-state index contributed by atoms with van der Waals surface area (Å²) in [7, 11) is 1.80. The zero-order chi connectivity index (χ0) is 18.4. The van der Waals surface area contributed by atoms with Crippen LogP contribution in [0.1, 0.15) is 23.4 Å². The van der Waals surface area contributed by atoms with Crippen molar-refractivity contribution in [2.24, 2.45) is 4.99 Å². The lowest BCUT2D eigenvalue weighted by molar-refractivity contribution is 0.624. The Kier molecular flexibility index (Phi) is 8.09. The molecule has 0 spiro atoms. The number of aliphatic imine (C=N–C) groups is 1. The molecule has 0 bridgehead atoms. The van der Waals surface area contributed by atoms with Crippen molar-refractivity contribution in [2.45, 2.75) is 33.4 Å². The molecule has 144 valence electrons. The second-order valence-electron chi connectivity index (χ2n) is 6.49. The summed E-state index contributed by atoms with van der Waals surface area (Å²) in [5.74, 6) is 1.90. The minimum absolute atomic E-state index is 0. The molecule has 6 heteroatoms. The Morgan fingerprint density at radius 1 is 1.07 bits per heavy atom. The van der Waals surface area contributed by atoms with Crippen LogP contribution >= 0.6 is 24.0 Å². The molecule has 27 heavy (non-hydrogen) atoms. The van der Waals surface area contributed by atoms with Crippen LogP contribution in [0.3, 0.4) is 0 Å². The molecule has 3 aromatic rings. The number of aryl methyl sites for hydroxylation is 3. The topological polar surface area (TPSA) is 54.2 Å². The smallest absolute Gasteiger partial charge is 0.191 e. The van der Waals surface area contributed by atoms with E-state index in [0.717, 1.165) is 43.4 Å². The molecule has 0 saturated heterocycles. The molecule has 0 radical (unpaired) electrons. The highest BCUT2D eigenvalue weighted by molar-refractivity contribution is 14.0. The molecule has 3 rings (SSSR count). The number of nitrogens with zero attached hydrogens (tertiary/aromatic N) is 3. The maximum atomic E-state index is 4.62. The fraction of sp³-hybridized carbons (Fsp3) is 0.333. The van der Waals surface area contributed by atoms with Crippen LogP contribution in [0, 0.1) is 13.8 Å². The minimum atomic E-state index is 0. The molecule has 1 aromatic heterocycles. The van der Waals surface area contributed by atoms with Crippen molar-refractivity contribution in [1.29, 1.82) is 0 Å². The van der Waals surface area contributed by atoms with Crippen LogP contribution in [0.2, 0.25) is 0 Å². The number of nitrogens with one attached hydrogen (secondary N) is 2. The minimum Gasteiger partial charge on any atom is -0.356 e. The summed E-state index contributed by atoms with van der Waals surface area (Å²) in [6, 6.07) is 16.8. The molecule has 5 nitrogen and oxygen atoms in total. The summed E-state index contributed by atoms with van der Waals surface area (Å²) in [6.07, 6.45) is 1.01. The zero-order valence-corrected chi connectivity index (χ0v) is 18.5. The third-order valence-electron chi connectivity index (χ3n) is 4.46. The van der Waals surface area contributed by atoms with Crippen molar-refractivity contribution in [3.8, 4) is 0 Å². The molecule has 1 heterocycles. The molecule has 0 aliphatic rings. The molecule has 0 unspecified atom stereocenters. The normalized spacial score (nSPS) is 11.3. The Labute approximate surface area is 178 Å². The van der Waals surface area contributed by atoms with Crippen LogP contribution in [0.15, 0.2) is 53.5 Å². The highest BCUT2D eigenvalue weighted by Crippen LogP contribution is 2.15. The first kappa shape index (κ1) is 21.2. The van der Waals surface area contributed by atoms with Gasteiger partial charge in [-0.05, 0) is 38.0 Å². The molecule has 0 aliphatic heterocycles. The summed E-state index contributed by atoms with van der Waals surface area (Å²) in [4.78, 5) is 8.92. The van der Waals surface area contributed by atoms with Crippen molar-refractivity contribution < 1.29 is 0 Å². The number of guanidine groups is 1. The Morgan fingerprint density at radius 3 is 2.67 bits per heavy atom. The Hall–Kier alpha value is -2.09. The molecule has 2 N–H and O–H groups in total. The van der Waals surface area contributed by atoms with Gasteiger partial charge in [0.1, 0.15) is 5.82 Å². The van der Waals surface area contributed by atoms with E-state index in [1.165, 1.54) is 16.6 Å². The number of hydrogen-bond acceptors (Lipinski definition) is 2. The number of fused-ring (bicyclic) bond motifs is 1. The van der Waals surface area contributed by atoms with Crippen LogP contribution in [0.25, 0.3) is 11.0 Å². The number of aromatic nitrogens is 2. The van der Waals surface area contributed by atoms with Crippen molar-refractivity contribution in [3.05, 3.63) is 65.5 Å². The zero-order valence-electron chi connectivity index (χ0n) is 16.2. The van der Waals surface area contributed by atoms with Gasteiger partial charge in [0.25, 0.3) is 0 Å². The molecule has 0 saturated carbocycles. The molecule has 0 fully saturated rings. The summed E-state index contributed by atoms with van der Waals surface area (Å²) < 4.78 is 2.28. The number of hydrogen-bond donors (Lipinski definition) is 2. The number of imidazole rings is 1. The van der Waals surface area contributed by atoms with Gasteiger partial charge in [0.2, 0.25) is 0 Å². The van der Waals surface area contributed by atoms with E-state index in [9.17, 15) is 0 Å². The molecule has 2 aromatic carbocycles. The highest BCUT2D eigenvalue weighted by Gasteiger charge is 2.06. The van der Waals surface area contributed by atoms with Crippen molar-refractivity contribution in [1.82, 2.24) is 20.2 Å². The van der Waals surface area contributed by atoms with Gasteiger partial charge >= 0.3 is 0 Å². The summed E-state index contributed by atoms with van der Waals surface area (Å²) in [6.45, 7) is 6.74. The predicted octanol–water partition coefficient (Wildman–Crippen LogP) is 4.03. The average molecular weight is 477 g/mol. The summed E-state index contributed by atoms with van der Waals surface area (Å²) in [5.41, 5.74) is 4.80. The summed E-state index contributed by atoms with van der Waals surface area (Å²) in [5, 5.41) is 6.76. The SMILES string of the molecule is CN=C(NCCCn1c(C)nc2ccccc21)NCc1cccc(C)c1.I. The monoisotopic (exact) mass is 477 g/mol. The molecular weight excluding hydrogens is 449 g/mol. The lowest BCUT2D eigenvalue weighted by Crippen LogP contribution is -2.37. The Bertz CT molecular complexity index is 900. The summed E-state index contributed by atoms with van der Waals surface area (Å²) >= 11 is 0. The number of rotatable bonds is 6. The maximum Gasteiger partial charge on any atom is 0.191 e. The second-order valence-corrected chi connectivity index (χ2v) is 6.49. The van der Waals surface area contributed by atoms with Crippen LogP contribution in [0.5, 0.6) is 0 Å². The van der Waals surface area contributed by atoms with E-state index in [-0.39, 0.29) is 24.0 Å². The first-order valence-electron chi connectivity index (χ1n) is 9.09. The van der Waals surface area contributed by atoms with Crippen molar-refractivity contribution >= 4 is 41.0 Å². The van der Waals surface area contributed by atoms with E-state index in [1.807, 2.05) is 6.07 Å². The molecule has 0 amide bonds. The van der Waals surface area contributed by atoms with Gasteiger partial charge in [-0.3, -0.25) is 4.99 Å². The van der Waals surface area contributed by atoms with E-state index in [4.69, 9.17) is 0 Å². The Balaban J connectivity index is 0.00000261. The largest absolute Gasteiger partial charge is 0.356 e. The Morgan fingerprint density at radius 2 is 1.89 bits per heavy atom. The lowest BCUT2D eigenvalue weighted by atomic mass is 10.1. The van der Waals surface area contributed by atoms with Gasteiger partial charge < -0.3 is 15.2 Å². The van der Waals surface area contributed by atoms with Gasteiger partial charge in [-0.15, -0.1) is 24.0 Å². The van der Waals surface area contributed by atoms with Gasteiger partial charge in [-0.25, -0.2) is 4.98 Å². The number of halogens is 1. The molecule has 0 aliphatic carbocycles. The first-order valence-corrected chi connectivity index (χ1v) is 9.09. The van der Waals surface area contributed by atoms with Crippen molar-refractivity contribution in [3.63, 3.8) is 0 Å². The van der Waals surface area contributed by atoms with Gasteiger partial charge in [-0.2, -0.15) is 0 Å². The fourth-order valence-electron chi connectivity index (χ4n) is 3.15. The van der Waals surface area contributed by atoms with Crippen molar-refractivity contribution in [2.75, 3.05) is 13.6 Å². The number of para-hydroxylation sites is 2. The standard InChI is InChI=1S/C21H27N5.HI/c1-16-8-6-9-18(14-16)15-24-21(22-3)23-12-7-13-26-17(2)25-19-10-4-5-11-20(19)26;/h4-6,8-11,14H,7,12-13,15H2,1-3H3,(H2,22,23,24);1H. The van der Waals surface area contributed by atoms with E-state index >= 15 is 0 Å². The molecule has 0 atom stereocenters. The quantitative estimate of drug-likeness (QED) is 0.244. The van der Waals surface area contributed by atoms with Crippen LogP contribution in [0.4, 0.5) is 0 Å². The van der Waals surface area contributed by atoms with Crippen LogP contribution in [-0.2, 0) is 13.1 Å². The predicted molar refractivity (Wildman–Crippen MR) is 124 cm³/mol. The first-order chi connectivity index (χ1) is 12.7. The van der Waals surface area contributed by atoms with Gasteiger partial charge in [0.05, 0.1) is 11.0 Å². The lowest BCUT2D eigenvalue weighted by Gasteiger charge is -2.13. The number of benzene rings is 2. The van der Waals surface area contributed by atoms with E-state index in [2.05, 4.69) is 81.5 Å². The third-order valence-corrected chi connectivity index (χ3v) is 4.46. The maximum absolute atomic E-state index is 4.62. The average Bonchev–Trinajstić information content (AvgIpc) is 2.96. The van der Waals surface area contributed by atoms with Crippen LogP contribution in [-0.4, -0.2) is 29.1 Å². The van der Waals surface area contributed by atoms with E-state index in [0.29, 0.717) is 0 Å². The molecular formula is C21H28IN5. The highest BCUT2D eigenvalue weighted by atomic mass is 127.